The van der Waals surface area contributed by atoms with Crippen LogP contribution < -0.4 is 15.8 Å². The van der Waals surface area contributed by atoms with Gasteiger partial charge in [-0.25, -0.2) is 4.98 Å². The molecular weight excluding hydrogens is 592 g/mol. The van der Waals surface area contributed by atoms with Crippen molar-refractivity contribution in [2.75, 3.05) is 37.9 Å². The number of carbonyl (C=O) groups excluding carboxylic acids is 1. The first kappa shape index (κ1) is 30.2. The Hall–Kier alpha value is -5.48. The van der Waals surface area contributed by atoms with Crippen LogP contribution in [0.15, 0.2) is 114 Å². The van der Waals surface area contributed by atoms with Gasteiger partial charge in [-0.15, -0.1) is 0 Å². The first-order chi connectivity index (χ1) is 23.0. The van der Waals surface area contributed by atoms with Crippen LogP contribution in [0.1, 0.15) is 27.2 Å². The highest BCUT2D eigenvalue weighted by Crippen LogP contribution is 2.25. The van der Waals surface area contributed by atoms with Crippen molar-refractivity contribution in [3.8, 4) is 5.69 Å². The summed E-state index contributed by atoms with van der Waals surface area (Å²) in [6.07, 6.45) is 2.56. The number of hydrogen-bond donors (Lipinski definition) is 1. The number of rotatable bonds is 9. The second kappa shape index (κ2) is 13.5. The summed E-state index contributed by atoms with van der Waals surface area (Å²) < 4.78 is 12.9. The molecule has 2 aliphatic rings. The first-order valence-corrected chi connectivity index (χ1v) is 15.8. The lowest BCUT2D eigenvalue weighted by atomic mass is 10.0. The fraction of sp³-hybridized carbons (Fsp3) is 0.243. The normalized spacial score (nSPS) is 15.5. The number of anilines is 1. The van der Waals surface area contributed by atoms with Crippen molar-refractivity contribution in [1.29, 1.82) is 0 Å². The maximum absolute atomic E-state index is 13.3. The average Bonchev–Trinajstić information content (AvgIpc) is 3.65. The zero-order valence-electron chi connectivity index (χ0n) is 26.2. The zero-order valence-corrected chi connectivity index (χ0v) is 26.2. The van der Waals surface area contributed by atoms with Gasteiger partial charge in [0.05, 0.1) is 17.4 Å². The summed E-state index contributed by atoms with van der Waals surface area (Å²) >= 11 is 0. The zero-order chi connectivity index (χ0) is 32.2. The molecule has 0 spiro atoms. The van der Waals surface area contributed by atoms with Crippen LogP contribution >= 0.6 is 0 Å². The highest BCUT2D eigenvalue weighted by Gasteiger charge is 2.31. The van der Waals surface area contributed by atoms with Crippen LogP contribution in [-0.4, -0.2) is 64.4 Å². The summed E-state index contributed by atoms with van der Waals surface area (Å²) in [7, 11) is 0. The average molecular weight is 629 g/mol. The molecule has 4 heterocycles. The van der Waals surface area contributed by atoms with E-state index in [1.54, 1.807) is 41.2 Å². The van der Waals surface area contributed by atoms with Crippen LogP contribution in [0.2, 0.25) is 0 Å². The SMILES string of the molecule is Cc1nc(N2CCN(C(Cc3ccccc3)C3=COCO3)CC2)nc2c1ccc(=O)n2-c1ccc(C(=O)NCc2ccccc2)cc1. The number of aromatic nitrogens is 3. The molecule has 2 aliphatic heterocycles. The Morgan fingerprint density at radius 2 is 1.55 bits per heavy atom. The maximum Gasteiger partial charge on any atom is 0.256 e. The predicted octanol–water partition coefficient (Wildman–Crippen LogP) is 4.60. The van der Waals surface area contributed by atoms with Gasteiger partial charge in [-0.2, -0.15) is 4.98 Å². The second-order valence-corrected chi connectivity index (χ2v) is 11.7. The van der Waals surface area contributed by atoms with Crippen LogP contribution in [0, 0.1) is 6.92 Å². The van der Waals surface area contributed by atoms with Gasteiger partial charge in [0.2, 0.25) is 12.7 Å². The standard InChI is InChI=1S/C37H36N6O4/c1-26-31-16-17-34(44)43(30-14-12-29(13-15-30)36(45)38-23-28-10-6-3-7-11-28)35(31)40-37(39-26)42-20-18-41(19-21-42)32(33-24-46-25-47-33)22-27-8-4-2-5-9-27/h2-17,24,32H,18-23,25H2,1H3,(H,38,45). The molecule has 7 rings (SSSR count). The van der Waals surface area contributed by atoms with Crippen LogP contribution in [0.5, 0.6) is 0 Å². The van der Waals surface area contributed by atoms with Gasteiger partial charge in [0.1, 0.15) is 6.26 Å². The van der Waals surface area contributed by atoms with Crippen LogP contribution in [0.3, 0.4) is 0 Å². The van der Waals surface area contributed by atoms with E-state index >= 15 is 0 Å². The molecule has 1 atom stereocenters. The molecule has 1 amide bonds. The molecule has 0 saturated carbocycles. The Morgan fingerprint density at radius 3 is 2.23 bits per heavy atom. The fourth-order valence-electron chi connectivity index (χ4n) is 6.19. The van der Waals surface area contributed by atoms with E-state index in [0.29, 0.717) is 42.5 Å². The number of pyridine rings is 1. The van der Waals surface area contributed by atoms with Crippen molar-refractivity contribution in [2.24, 2.45) is 0 Å². The number of nitrogens with one attached hydrogen (secondary N) is 1. The molecule has 1 N–H and O–H groups in total. The van der Waals surface area contributed by atoms with Crippen molar-refractivity contribution in [3.05, 3.63) is 142 Å². The number of hydrogen-bond acceptors (Lipinski definition) is 8. The third kappa shape index (κ3) is 6.59. The third-order valence-corrected chi connectivity index (χ3v) is 8.74. The van der Waals surface area contributed by atoms with E-state index in [9.17, 15) is 9.59 Å². The second-order valence-electron chi connectivity index (χ2n) is 11.7. The van der Waals surface area contributed by atoms with Crippen molar-refractivity contribution in [2.45, 2.75) is 25.9 Å². The van der Waals surface area contributed by atoms with E-state index in [4.69, 9.17) is 19.4 Å². The van der Waals surface area contributed by atoms with E-state index in [2.05, 4.69) is 39.4 Å². The number of benzene rings is 3. The van der Waals surface area contributed by atoms with Gasteiger partial charge in [0.25, 0.3) is 11.5 Å². The van der Waals surface area contributed by atoms with E-state index < -0.39 is 0 Å². The quantitative estimate of drug-likeness (QED) is 0.253. The molecule has 238 valence electrons. The summed E-state index contributed by atoms with van der Waals surface area (Å²) in [5, 5.41) is 3.75. The minimum atomic E-state index is -0.205. The van der Waals surface area contributed by atoms with Gasteiger partial charge in [-0.3, -0.25) is 19.1 Å². The molecule has 1 unspecified atom stereocenters. The molecule has 0 bridgehead atoms. The Kier molecular flexibility index (Phi) is 8.66. The maximum atomic E-state index is 13.3. The summed E-state index contributed by atoms with van der Waals surface area (Å²) in [6.45, 7) is 5.63. The molecule has 3 aromatic carbocycles. The molecule has 2 aromatic heterocycles. The number of fused-ring (bicyclic) bond motifs is 1. The lowest BCUT2D eigenvalue weighted by molar-refractivity contribution is 0.0579. The van der Waals surface area contributed by atoms with E-state index in [-0.39, 0.29) is 24.3 Å². The number of amides is 1. The largest absolute Gasteiger partial charge is 0.462 e. The molecule has 47 heavy (non-hydrogen) atoms. The van der Waals surface area contributed by atoms with E-state index in [1.165, 1.54) is 11.6 Å². The molecule has 0 radical (unpaired) electrons. The minimum absolute atomic E-state index is 0.0647. The minimum Gasteiger partial charge on any atom is -0.462 e. The third-order valence-electron chi connectivity index (χ3n) is 8.74. The van der Waals surface area contributed by atoms with Crippen LogP contribution in [0.4, 0.5) is 5.95 Å². The van der Waals surface area contributed by atoms with Crippen molar-refractivity contribution < 1.29 is 14.3 Å². The van der Waals surface area contributed by atoms with Gasteiger partial charge in [-0.1, -0.05) is 60.7 Å². The molecule has 5 aromatic rings. The lowest BCUT2D eigenvalue weighted by Crippen LogP contribution is -2.52. The molecule has 10 heteroatoms. The van der Waals surface area contributed by atoms with Crippen molar-refractivity contribution >= 4 is 22.9 Å². The molecular formula is C37H36N6O4. The number of piperazine rings is 1. The summed E-state index contributed by atoms with van der Waals surface area (Å²) in [6, 6.07) is 30.6. The van der Waals surface area contributed by atoms with E-state index in [1.807, 2.05) is 43.3 Å². The fourth-order valence-corrected chi connectivity index (χ4v) is 6.19. The number of ether oxygens (including phenoxy) is 2. The van der Waals surface area contributed by atoms with Crippen LogP contribution in [0.25, 0.3) is 16.7 Å². The Labute approximate surface area is 272 Å². The Bertz CT molecular complexity index is 1950. The molecule has 10 nitrogen and oxygen atoms in total. The molecule has 1 saturated heterocycles. The van der Waals surface area contributed by atoms with Gasteiger partial charge < -0.3 is 19.7 Å². The van der Waals surface area contributed by atoms with Crippen molar-refractivity contribution in [1.82, 2.24) is 24.8 Å². The molecule has 1 fully saturated rings. The monoisotopic (exact) mass is 628 g/mol. The van der Waals surface area contributed by atoms with Gasteiger partial charge in [0.15, 0.2) is 11.4 Å². The van der Waals surface area contributed by atoms with Crippen LogP contribution in [-0.2, 0) is 22.4 Å². The highest BCUT2D eigenvalue weighted by atomic mass is 16.7. The highest BCUT2D eigenvalue weighted by molar-refractivity contribution is 5.94. The lowest BCUT2D eigenvalue weighted by Gasteiger charge is -2.39. The summed E-state index contributed by atoms with van der Waals surface area (Å²) in [5.41, 5.74) is 4.53. The molecule has 0 aliphatic carbocycles. The smallest absolute Gasteiger partial charge is 0.256 e. The number of carbonyl (C=O) groups is 1. The number of aryl methyl sites for hydroxylation is 1. The van der Waals surface area contributed by atoms with Gasteiger partial charge in [-0.05, 0) is 54.8 Å². The van der Waals surface area contributed by atoms with E-state index in [0.717, 1.165) is 41.9 Å². The topological polar surface area (TPSA) is 102 Å². The predicted molar refractivity (Wildman–Crippen MR) is 180 cm³/mol. The number of nitrogens with zero attached hydrogens (tertiary/aromatic N) is 5. The first-order valence-electron chi connectivity index (χ1n) is 15.8. The van der Waals surface area contributed by atoms with Crippen molar-refractivity contribution in [3.63, 3.8) is 0 Å². The van der Waals surface area contributed by atoms with Gasteiger partial charge >= 0.3 is 0 Å². The Morgan fingerprint density at radius 1 is 0.851 bits per heavy atom. The summed E-state index contributed by atoms with van der Waals surface area (Å²) in [5.74, 6) is 1.26. The summed E-state index contributed by atoms with van der Waals surface area (Å²) in [4.78, 5) is 40.5. The Balaban J connectivity index is 1.10. The van der Waals surface area contributed by atoms with Gasteiger partial charge in [0, 0.05) is 49.7 Å².